The van der Waals surface area contributed by atoms with Gasteiger partial charge in [-0.3, -0.25) is 9.59 Å². The van der Waals surface area contributed by atoms with E-state index in [1.807, 2.05) is 24.3 Å². The van der Waals surface area contributed by atoms with Crippen LogP contribution in [-0.2, 0) is 16.0 Å². The van der Waals surface area contributed by atoms with Crippen molar-refractivity contribution in [3.05, 3.63) is 59.7 Å². The van der Waals surface area contributed by atoms with Crippen molar-refractivity contribution < 1.29 is 23.8 Å². The van der Waals surface area contributed by atoms with Crippen LogP contribution >= 0.6 is 0 Å². The van der Waals surface area contributed by atoms with Gasteiger partial charge in [0.05, 0.1) is 14.2 Å². The molecule has 0 unspecified atom stereocenters. The molecule has 0 radical (unpaired) electrons. The maximum Gasteiger partial charge on any atom is 0.255 e. The normalized spacial score (nSPS) is 10.6. The molecular formula is C22H26N2O5. The van der Waals surface area contributed by atoms with Crippen LogP contribution in [0, 0.1) is 0 Å². The Hall–Kier alpha value is -3.48. The van der Waals surface area contributed by atoms with Gasteiger partial charge in [-0.25, -0.2) is 0 Å². The summed E-state index contributed by atoms with van der Waals surface area (Å²) in [5.74, 6) is 0.948. The Kier molecular flexibility index (Phi) is 8.56. The van der Waals surface area contributed by atoms with Gasteiger partial charge < -0.3 is 25.3 Å². The van der Waals surface area contributed by atoms with Crippen LogP contribution in [0.3, 0.4) is 0 Å². The van der Waals surface area contributed by atoms with E-state index < -0.39 is 5.91 Å². The Bertz CT molecular complexity index is 847. The summed E-state index contributed by atoms with van der Waals surface area (Å²) in [6.07, 6.45) is 4.86. The molecule has 0 bridgehead atoms. The first-order valence-electron chi connectivity index (χ1n) is 9.20. The fourth-order valence-electron chi connectivity index (χ4n) is 2.58. The van der Waals surface area contributed by atoms with Crippen LogP contribution in [-0.4, -0.2) is 39.2 Å². The molecule has 154 valence electrons. The van der Waals surface area contributed by atoms with E-state index in [2.05, 4.69) is 5.32 Å². The molecular weight excluding hydrogens is 372 g/mol. The van der Waals surface area contributed by atoms with E-state index in [4.69, 9.17) is 19.9 Å². The smallest absolute Gasteiger partial charge is 0.255 e. The Morgan fingerprint density at radius 1 is 1.03 bits per heavy atom. The zero-order valence-electron chi connectivity index (χ0n) is 16.6. The number of aryl methyl sites for hydroxylation is 1. The first kappa shape index (κ1) is 21.8. The Labute approximate surface area is 170 Å². The molecule has 2 aromatic rings. The molecule has 0 heterocycles. The van der Waals surface area contributed by atoms with Gasteiger partial charge in [-0.15, -0.1) is 0 Å². The summed E-state index contributed by atoms with van der Waals surface area (Å²) in [7, 11) is 3.13. The third-order valence-electron chi connectivity index (χ3n) is 4.09. The molecule has 2 amide bonds. The minimum Gasteiger partial charge on any atom is -0.497 e. The third-order valence-corrected chi connectivity index (χ3v) is 4.09. The molecule has 0 aromatic heterocycles. The number of nitrogens with one attached hydrogen (secondary N) is 1. The predicted octanol–water partition coefficient (Wildman–Crippen LogP) is 2.33. The highest BCUT2D eigenvalue weighted by atomic mass is 16.5. The van der Waals surface area contributed by atoms with E-state index in [9.17, 15) is 9.59 Å². The molecule has 7 nitrogen and oxygen atoms in total. The molecule has 0 aliphatic heterocycles. The summed E-state index contributed by atoms with van der Waals surface area (Å²) in [6.45, 7) is 0.350. The Balaban J connectivity index is 1.79. The molecule has 0 saturated heterocycles. The summed E-state index contributed by atoms with van der Waals surface area (Å²) < 4.78 is 15.7. The third kappa shape index (κ3) is 7.57. The zero-order valence-corrected chi connectivity index (χ0v) is 16.6. The first-order chi connectivity index (χ1) is 14.0. The van der Waals surface area contributed by atoms with Gasteiger partial charge in [0.25, 0.3) is 5.91 Å². The molecule has 0 aliphatic carbocycles. The second-order valence-corrected chi connectivity index (χ2v) is 6.24. The van der Waals surface area contributed by atoms with Crippen molar-refractivity contribution in [1.82, 2.24) is 5.32 Å². The minimum atomic E-state index is -0.570. The van der Waals surface area contributed by atoms with Crippen LogP contribution in [0.5, 0.6) is 17.2 Å². The average molecular weight is 398 g/mol. The van der Waals surface area contributed by atoms with E-state index in [-0.39, 0.29) is 12.5 Å². The van der Waals surface area contributed by atoms with Crippen molar-refractivity contribution in [2.75, 3.05) is 27.4 Å². The lowest BCUT2D eigenvalue weighted by molar-refractivity contribution is -0.120. The van der Waals surface area contributed by atoms with Gasteiger partial charge in [0.15, 0.2) is 18.1 Å². The highest BCUT2D eigenvalue weighted by Crippen LogP contribution is 2.28. The van der Waals surface area contributed by atoms with E-state index in [1.54, 1.807) is 31.4 Å². The largest absolute Gasteiger partial charge is 0.497 e. The lowest BCUT2D eigenvalue weighted by atomic mass is 10.1. The number of ether oxygens (including phenoxy) is 3. The molecule has 0 atom stereocenters. The number of nitrogens with two attached hydrogens (primary N) is 1. The highest BCUT2D eigenvalue weighted by Gasteiger charge is 2.06. The van der Waals surface area contributed by atoms with Gasteiger partial charge in [-0.05, 0) is 54.3 Å². The van der Waals surface area contributed by atoms with E-state index in [0.29, 0.717) is 18.0 Å². The molecule has 2 rings (SSSR count). The molecule has 29 heavy (non-hydrogen) atoms. The van der Waals surface area contributed by atoms with Gasteiger partial charge in [0.2, 0.25) is 5.91 Å². The van der Waals surface area contributed by atoms with Crippen LogP contribution in [0.4, 0.5) is 0 Å². The van der Waals surface area contributed by atoms with E-state index >= 15 is 0 Å². The number of primary amides is 1. The molecule has 3 N–H and O–H groups in total. The summed E-state index contributed by atoms with van der Waals surface area (Å²) in [5, 5.41) is 2.86. The molecule has 7 heteroatoms. The number of hydrogen-bond donors (Lipinski definition) is 2. The second-order valence-electron chi connectivity index (χ2n) is 6.24. The minimum absolute atomic E-state index is 0.173. The van der Waals surface area contributed by atoms with Crippen molar-refractivity contribution in [2.24, 2.45) is 5.73 Å². The average Bonchev–Trinajstić information content (AvgIpc) is 2.74. The summed E-state index contributed by atoms with van der Waals surface area (Å²) in [6, 6.07) is 13.0. The highest BCUT2D eigenvalue weighted by molar-refractivity contribution is 5.91. The van der Waals surface area contributed by atoms with Gasteiger partial charge in [-0.2, -0.15) is 0 Å². The van der Waals surface area contributed by atoms with Crippen LogP contribution in [0.2, 0.25) is 0 Å². The van der Waals surface area contributed by atoms with Gasteiger partial charge >= 0.3 is 0 Å². The van der Waals surface area contributed by atoms with Crippen molar-refractivity contribution >= 4 is 17.9 Å². The van der Waals surface area contributed by atoms with Crippen molar-refractivity contribution in [3.8, 4) is 17.2 Å². The van der Waals surface area contributed by atoms with Crippen LogP contribution < -0.4 is 25.3 Å². The molecule has 2 aromatic carbocycles. The van der Waals surface area contributed by atoms with Crippen molar-refractivity contribution in [2.45, 2.75) is 12.8 Å². The standard InChI is InChI=1S/C22H26N2O5/c1-27-18-9-5-16(6-10-18)4-3-13-24-22(26)12-8-17-7-11-19(20(14-17)28-2)29-15-21(23)25/h5-12,14H,3-4,13,15H2,1-2H3,(H2,23,25)(H,24,26). The predicted molar refractivity (Wildman–Crippen MR) is 111 cm³/mol. The summed E-state index contributed by atoms with van der Waals surface area (Å²) >= 11 is 0. The molecule has 0 fully saturated rings. The van der Waals surface area contributed by atoms with E-state index in [1.165, 1.54) is 18.7 Å². The Morgan fingerprint density at radius 2 is 1.79 bits per heavy atom. The number of carbonyl (C=O) groups is 2. The van der Waals surface area contributed by atoms with Crippen molar-refractivity contribution in [3.63, 3.8) is 0 Å². The Morgan fingerprint density at radius 3 is 2.45 bits per heavy atom. The zero-order chi connectivity index (χ0) is 21.1. The SMILES string of the molecule is COc1ccc(CCCNC(=O)C=Cc2ccc(OCC(N)=O)c(OC)c2)cc1. The first-order valence-corrected chi connectivity index (χ1v) is 9.20. The lowest BCUT2D eigenvalue weighted by Crippen LogP contribution is -2.22. The van der Waals surface area contributed by atoms with Gasteiger partial charge in [0.1, 0.15) is 5.75 Å². The maximum absolute atomic E-state index is 12.0. The monoisotopic (exact) mass is 398 g/mol. The number of methoxy groups -OCH3 is 2. The number of benzene rings is 2. The number of hydrogen-bond acceptors (Lipinski definition) is 5. The van der Waals surface area contributed by atoms with Gasteiger partial charge in [0, 0.05) is 12.6 Å². The fourth-order valence-corrected chi connectivity index (χ4v) is 2.58. The quantitative estimate of drug-likeness (QED) is 0.447. The topological polar surface area (TPSA) is 99.9 Å². The lowest BCUT2D eigenvalue weighted by Gasteiger charge is -2.10. The summed E-state index contributed by atoms with van der Waals surface area (Å²) in [5.41, 5.74) is 7.03. The van der Waals surface area contributed by atoms with Crippen molar-refractivity contribution in [1.29, 1.82) is 0 Å². The summed E-state index contributed by atoms with van der Waals surface area (Å²) in [4.78, 5) is 22.8. The van der Waals surface area contributed by atoms with Crippen LogP contribution in [0.25, 0.3) is 6.08 Å². The van der Waals surface area contributed by atoms with Gasteiger partial charge in [-0.1, -0.05) is 18.2 Å². The van der Waals surface area contributed by atoms with Crippen LogP contribution in [0.15, 0.2) is 48.5 Å². The maximum atomic E-state index is 12.0. The number of carbonyl (C=O) groups excluding carboxylic acids is 2. The second kappa shape index (κ2) is 11.4. The van der Waals surface area contributed by atoms with E-state index in [0.717, 1.165) is 24.2 Å². The number of rotatable bonds is 11. The van der Waals surface area contributed by atoms with Crippen LogP contribution in [0.1, 0.15) is 17.5 Å². The molecule has 0 spiro atoms. The molecule has 0 aliphatic rings. The number of amides is 2. The fraction of sp³-hybridized carbons (Fsp3) is 0.273. The molecule has 0 saturated carbocycles.